The Hall–Kier alpha value is -2.14. The highest BCUT2D eigenvalue weighted by atomic mass is 35.5. The highest BCUT2D eigenvalue weighted by Crippen LogP contribution is 2.45. The van der Waals surface area contributed by atoms with Gasteiger partial charge in [-0.25, -0.2) is 0 Å². The number of hydrogen-bond acceptors (Lipinski definition) is 4. The van der Waals surface area contributed by atoms with Gasteiger partial charge in [0.25, 0.3) is 8.32 Å². The molecule has 1 saturated heterocycles. The van der Waals surface area contributed by atoms with Crippen molar-refractivity contribution in [3.8, 4) is 5.75 Å². The predicted octanol–water partition coefficient (Wildman–Crippen LogP) is 8.36. The molecule has 1 saturated carbocycles. The summed E-state index contributed by atoms with van der Waals surface area (Å²) in [5.74, 6) is 1.11. The Morgan fingerprint density at radius 2 is 1.50 bits per heavy atom. The van der Waals surface area contributed by atoms with Crippen molar-refractivity contribution >= 4 is 55.9 Å². The molecule has 5 nitrogen and oxygen atoms in total. The molecule has 0 bridgehead atoms. The smallest absolute Gasteiger partial charge is 0.261 e. The summed E-state index contributed by atoms with van der Waals surface area (Å²) in [6.07, 6.45) is 2.44. The Bertz CT molecular complexity index is 1430. The van der Waals surface area contributed by atoms with Crippen molar-refractivity contribution in [1.29, 1.82) is 0 Å². The summed E-state index contributed by atoms with van der Waals surface area (Å²) in [4.78, 5) is 15.3. The summed E-state index contributed by atoms with van der Waals surface area (Å²) in [6.45, 7) is 16.1. The summed E-state index contributed by atoms with van der Waals surface area (Å²) in [6, 6.07) is 26.3. The van der Waals surface area contributed by atoms with Crippen LogP contribution in [0.1, 0.15) is 51.5 Å². The van der Waals surface area contributed by atoms with Crippen molar-refractivity contribution in [3.63, 3.8) is 0 Å². The van der Waals surface area contributed by atoms with Gasteiger partial charge >= 0.3 is 0 Å². The van der Waals surface area contributed by atoms with E-state index in [4.69, 9.17) is 37.1 Å². The summed E-state index contributed by atoms with van der Waals surface area (Å²) < 4.78 is 19.2. The molecule has 1 aliphatic carbocycles. The van der Waals surface area contributed by atoms with Crippen LogP contribution in [0, 0.1) is 5.92 Å². The van der Waals surface area contributed by atoms with Gasteiger partial charge in [0.05, 0.1) is 10.0 Å². The first kappa shape index (κ1) is 35.2. The van der Waals surface area contributed by atoms with Crippen molar-refractivity contribution < 1.29 is 18.7 Å². The number of nitrogens with zero attached hydrogens (tertiary/aromatic N) is 1. The van der Waals surface area contributed by atoms with Crippen LogP contribution in [0.25, 0.3) is 0 Å². The van der Waals surface area contributed by atoms with Crippen LogP contribution in [0.3, 0.4) is 0 Å². The van der Waals surface area contributed by atoms with E-state index in [-0.39, 0.29) is 29.8 Å². The minimum Gasteiger partial charge on any atom is -0.467 e. The van der Waals surface area contributed by atoms with Crippen LogP contribution in [0.2, 0.25) is 40.8 Å². The summed E-state index contributed by atoms with van der Waals surface area (Å²) >= 11 is 13.2. The van der Waals surface area contributed by atoms with Gasteiger partial charge in [0.15, 0.2) is 6.79 Å². The molecule has 0 N–H and O–H groups in total. The normalized spacial score (nSPS) is 20.6. The maximum absolute atomic E-state index is 13.3. The Morgan fingerprint density at radius 1 is 0.891 bits per heavy atom. The van der Waals surface area contributed by atoms with Crippen molar-refractivity contribution in [3.05, 3.63) is 88.4 Å². The Balaban J connectivity index is 1.24. The number of likely N-dealkylation sites (tertiary alicyclic amines) is 1. The summed E-state index contributed by atoms with van der Waals surface area (Å²) in [5, 5.41) is 3.47. The van der Waals surface area contributed by atoms with Crippen molar-refractivity contribution in [1.82, 2.24) is 4.90 Å². The Morgan fingerprint density at radius 3 is 2.07 bits per heavy atom. The van der Waals surface area contributed by atoms with Crippen LogP contribution in [0.15, 0.2) is 72.8 Å². The van der Waals surface area contributed by atoms with Gasteiger partial charge in [-0.15, -0.1) is 0 Å². The number of benzene rings is 3. The number of halogens is 2. The van der Waals surface area contributed by atoms with E-state index < -0.39 is 16.4 Å². The van der Waals surface area contributed by atoms with Crippen LogP contribution in [-0.4, -0.2) is 59.8 Å². The maximum Gasteiger partial charge on any atom is 0.261 e. The summed E-state index contributed by atoms with van der Waals surface area (Å²) in [5.41, 5.74) is 0.806. The third-order valence-corrected chi connectivity index (χ3v) is 17.1. The van der Waals surface area contributed by atoms with Crippen LogP contribution < -0.4 is 15.1 Å². The van der Waals surface area contributed by atoms with E-state index in [1.165, 1.54) is 10.4 Å². The molecule has 3 aromatic carbocycles. The number of carbonyl (C=O) groups is 1. The van der Waals surface area contributed by atoms with Gasteiger partial charge in [0, 0.05) is 51.8 Å². The number of amides is 1. The molecule has 1 atom stereocenters. The molecule has 2 aliphatic rings. The van der Waals surface area contributed by atoms with Gasteiger partial charge in [-0.3, -0.25) is 4.79 Å². The second kappa shape index (κ2) is 14.5. The van der Waals surface area contributed by atoms with Gasteiger partial charge in [0.2, 0.25) is 5.91 Å². The van der Waals surface area contributed by atoms with E-state index in [9.17, 15) is 4.79 Å². The second-order valence-corrected chi connectivity index (χ2v) is 25.9. The van der Waals surface area contributed by atoms with Crippen molar-refractivity contribution in [2.24, 2.45) is 5.92 Å². The number of ether oxygens (including phenoxy) is 2. The molecule has 46 heavy (non-hydrogen) atoms. The highest BCUT2D eigenvalue weighted by Gasteiger charge is 2.53. The largest absolute Gasteiger partial charge is 0.467 e. The number of rotatable bonds is 13. The van der Waals surface area contributed by atoms with Gasteiger partial charge in [0.1, 0.15) is 5.75 Å². The summed E-state index contributed by atoms with van der Waals surface area (Å²) in [7, 11) is -3.79. The molecule has 3 aromatic rings. The number of hydrogen-bond donors (Lipinski definition) is 0. The minimum absolute atomic E-state index is 0.0612. The quantitative estimate of drug-likeness (QED) is 0.102. The molecule has 5 rings (SSSR count). The second-order valence-electron chi connectivity index (χ2n) is 15.2. The lowest BCUT2D eigenvalue weighted by atomic mass is 9.82. The van der Waals surface area contributed by atoms with Crippen molar-refractivity contribution in [2.75, 3.05) is 26.5 Å². The van der Waals surface area contributed by atoms with E-state index in [0.717, 1.165) is 31.0 Å². The molecule has 248 valence electrons. The number of carbonyl (C=O) groups excluding carboxylic acids is 1. The molecule has 2 fully saturated rings. The predicted molar refractivity (Wildman–Crippen MR) is 195 cm³/mol. The first-order valence-electron chi connectivity index (χ1n) is 16.5. The topological polar surface area (TPSA) is 48.0 Å². The average molecular weight is 699 g/mol. The van der Waals surface area contributed by atoms with Gasteiger partial charge < -0.3 is 18.8 Å². The molecule has 1 aliphatic heterocycles. The SMILES string of the molecule is CC(C)(C)[Si](OC1CC(CN2CC(c3c(OCOCC[Si](C)(C)C)ccc(Cl)c3Cl)CC2=O)C1)(c1ccccc1)c1ccccc1. The lowest BCUT2D eigenvalue weighted by Gasteiger charge is -2.49. The van der Waals surface area contributed by atoms with E-state index in [2.05, 4.69) is 101 Å². The van der Waals surface area contributed by atoms with E-state index in [1.807, 2.05) is 11.0 Å². The third kappa shape index (κ3) is 7.93. The maximum atomic E-state index is 13.3. The average Bonchev–Trinajstić information content (AvgIpc) is 3.34. The van der Waals surface area contributed by atoms with Crippen LogP contribution >= 0.6 is 23.2 Å². The molecule has 1 heterocycles. The van der Waals surface area contributed by atoms with Gasteiger partial charge in [-0.1, -0.05) is 124 Å². The Kier molecular flexibility index (Phi) is 11.1. The fourth-order valence-corrected chi connectivity index (χ4v) is 12.9. The van der Waals surface area contributed by atoms with Crippen molar-refractivity contribution in [2.45, 2.75) is 82.8 Å². The first-order valence-corrected chi connectivity index (χ1v) is 22.9. The van der Waals surface area contributed by atoms with Gasteiger partial charge in [-0.05, 0) is 52.3 Å². The van der Waals surface area contributed by atoms with Crippen LogP contribution in [0.4, 0.5) is 0 Å². The zero-order valence-electron chi connectivity index (χ0n) is 28.2. The van der Waals surface area contributed by atoms with Crippen LogP contribution in [-0.2, 0) is 14.0 Å². The van der Waals surface area contributed by atoms with E-state index >= 15 is 0 Å². The monoisotopic (exact) mass is 697 g/mol. The van der Waals surface area contributed by atoms with E-state index in [1.54, 1.807) is 6.07 Å². The third-order valence-electron chi connectivity index (χ3n) is 9.44. The Labute approximate surface area is 287 Å². The van der Waals surface area contributed by atoms with Crippen LogP contribution in [0.5, 0.6) is 5.75 Å². The molecular weight excluding hydrogens is 649 g/mol. The lowest BCUT2D eigenvalue weighted by Crippen LogP contribution is -2.68. The molecule has 0 radical (unpaired) electrons. The fourth-order valence-electron chi connectivity index (χ4n) is 6.91. The van der Waals surface area contributed by atoms with Gasteiger partial charge in [-0.2, -0.15) is 0 Å². The van der Waals surface area contributed by atoms with E-state index in [0.29, 0.717) is 41.3 Å². The zero-order chi connectivity index (χ0) is 33.1. The molecule has 1 unspecified atom stereocenters. The molecule has 0 aromatic heterocycles. The first-order chi connectivity index (χ1) is 21.8. The lowest BCUT2D eigenvalue weighted by molar-refractivity contribution is -0.129. The molecular formula is C37H49Cl2NO4Si2. The standard InChI is InChI=1S/C37H49Cl2NO4Si2/c1-37(2,3)46(30-13-9-7-10-14-30,31-15-11-8-12-16-31)44-29-21-27(22-29)24-40-25-28(23-34(40)41)35-33(18-17-32(38)36(35)39)43-26-42-19-20-45(4,5)6/h7-18,27-29H,19-26H2,1-6H3. The molecule has 0 spiro atoms. The zero-order valence-corrected chi connectivity index (χ0v) is 31.7. The molecule has 1 amide bonds. The fraction of sp³-hybridized carbons (Fsp3) is 0.486. The highest BCUT2D eigenvalue weighted by molar-refractivity contribution is 6.99. The molecule has 9 heteroatoms. The minimum atomic E-state index is -2.60.